The molecule has 13 heteroatoms. The summed E-state index contributed by atoms with van der Waals surface area (Å²) in [7, 11) is 0. The van der Waals surface area contributed by atoms with Gasteiger partial charge in [0.25, 0.3) is 5.91 Å². The lowest BCUT2D eigenvalue weighted by Gasteiger charge is -2.49. The number of hydrogen-bond acceptors (Lipinski definition) is 10. The zero-order chi connectivity index (χ0) is 47.5. The lowest BCUT2D eigenvalue weighted by atomic mass is 9.77. The van der Waals surface area contributed by atoms with Crippen LogP contribution in [0.2, 0.25) is 0 Å². The van der Waals surface area contributed by atoms with E-state index in [1.807, 2.05) is 115 Å². The third kappa shape index (κ3) is 9.02. The van der Waals surface area contributed by atoms with Gasteiger partial charge in [-0.05, 0) is 71.5 Å². The summed E-state index contributed by atoms with van der Waals surface area (Å²) in [6.07, 6.45) is 5.05. The highest BCUT2D eigenvalue weighted by Crippen LogP contribution is 2.57. The van der Waals surface area contributed by atoms with Gasteiger partial charge in [0.15, 0.2) is 5.60 Å². The lowest BCUT2D eigenvalue weighted by Crippen LogP contribution is -2.70. The van der Waals surface area contributed by atoms with Crippen molar-refractivity contribution in [3.63, 3.8) is 0 Å². The van der Waals surface area contributed by atoms with Crippen LogP contribution in [0.25, 0.3) is 0 Å². The Balaban J connectivity index is 0.860. The van der Waals surface area contributed by atoms with Crippen molar-refractivity contribution in [2.45, 2.75) is 75.7 Å². The van der Waals surface area contributed by atoms with Crippen LogP contribution in [0.15, 0.2) is 151 Å². The molecule has 0 aliphatic carbocycles. The van der Waals surface area contributed by atoms with Gasteiger partial charge in [-0.1, -0.05) is 117 Å². The van der Waals surface area contributed by atoms with E-state index in [0.717, 1.165) is 65.5 Å². The molecule has 2 unspecified atom stereocenters. The number of aryl methyl sites for hydroxylation is 1. The number of carbonyl (C=O) groups is 4. The molecule has 0 saturated carbocycles. The summed E-state index contributed by atoms with van der Waals surface area (Å²) in [5.74, 6) is 0.730. The van der Waals surface area contributed by atoms with Crippen molar-refractivity contribution < 1.29 is 48.0 Å². The van der Waals surface area contributed by atoms with Crippen LogP contribution in [0.3, 0.4) is 0 Å². The maximum Gasteiger partial charge on any atom is 0.352 e. The van der Waals surface area contributed by atoms with Crippen molar-refractivity contribution in [2.24, 2.45) is 0 Å². The number of unbranched alkanes of at least 4 members (excludes halogenated alkanes) is 3. The monoisotopic (exact) mass is 942 g/mol. The number of esters is 1. The van der Waals surface area contributed by atoms with Crippen molar-refractivity contribution in [3.8, 4) is 28.7 Å². The number of aliphatic carboxylic acids is 1. The maximum absolute atomic E-state index is 13.7. The molecular weight excluding hydrogens is 893 g/mol. The molecule has 6 aromatic rings. The number of nitrogens with one attached hydrogen (secondary N) is 1. The standard InChI is InChI=1S/C56H50N2O10S/c1-2-3-4-11-18-38-28-45-48(67-47-29-41(64-31-36-16-9-6-10-17-36)25-26-44(47)56(45)43-20-13-12-19-42(43)55(63)68-56)30-46(38)66-32-37-21-23-40(24-22-37)65-33-39-34-69-53-50(52(60)58(53)51(39)54(61)62)57-49(59)27-35-14-7-5-8-15-35/h5-10,12-17,19-26,28-30,50,53H,2-4,11,18,27,31-34H2,1H3,(H,57,59)(H,61,62)/t50-,53?,56?/m0/s1. The molecule has 2 amide bonds. The fourth-order valence-corrected chi connectivity index (χ4v) is 10.8. The van der Waals surface area contributed by atoms with Gasteiger partial charge in [0.1, 0.15) is 65.7 Å². The first-order valence-electron chi connectivity index (χ1n) is 23.3. The minimum atomic E-state index is -1.26. The van der Waals surface area contributed by atoms with Gasteiger partial charge in [-0.15, -0.1) is 11.8 Å². The predicted molar refractivity (Wildman–Crippen MR) is 259 cm³/mol. The summed E-state index contributed by atoms with van der Waals surface area (Å²) in [4.78, 5) is 53.4. The number of carboxylic acid groups (broad SMARTS) is 1. The number of hydrogen-bond donors (Lipinski definition) is 2. The number of carboxylic acids is 1. The Morgan fingerprint density at radius 1 is 0.725 bits per heavy atom. The number of thioether (sulfide) groups is 1. The third-order valence-corrected chi connectivity index (χ3v) is 14.3. The SMILES string of the molecule is CCCCCCc1cc2c(cc1OCc1ccc(OCC3=C(C(=O)O)N4C(=O)[C@H](NC(=O)Cc5ccccc5)C4SC3)cc1)Oc1cc(OCc3ccccc3)ccc1C21OC(=O)c2ccccc21. The second-order valence-electron chi connectivity index (χ2n) is 17.5. The molecule has 1 spiro atoms. The van der Waals surface area contributed by atoms with Crippen LogP contribution in [-0.4, -0.2) is 57.5 Å². The molecule has 12 nitrogen and oxygen atoms in total. The smallest absolute Gasteiger partial charge is 0.352 e. The highest BCUT2D eigenvalue weighted by Gasteiger charge is 2.55. The molecule has 69 heavy (non-hydrogen) atoms. The molecule has 1 saturated heterocycles. The molecule has 0 radical (unpaired) electrons. The molecule has 4 aliphatic rings. The Morgan fingerprint density at radius 2 is 1.41 bits per heavy atom. The van der Waals surface area contributed by atoms with Crippen LogP contribution in [-0.2, 0) is 50.8 Å². The van der Waals surface area contributed by atoms with E-state index in [2.05, 4.69) is 18.3 Å². The lowest BCUT2D eigenvalue weighted by molar-refractivity contribution is -0.150. The maximum atomic E-state index is 13.7. The third-order valence-electron chi connectivity index (χ3n) is 12.9. The number of amides is 2. The first-order valence-corrected chi connectivity index (χ1v) is 24.3. The summed E-state index contributed by atoms with van der Waals surface area (Å²) in [6, 6.07) is 42.9. The number of benzene rings is 6. The summed E-state index contributed by atoms with van der Waals surface area (Å²) >= 11 is 1.40. The minimum absolute atomic E-state index is 0.0341. The fourth-order valence-electron chi connectivity index (χ4n) is 9.44. The summed E-state index contributed by atoms with van der Waals surface area (Å²) < 4.78 is 32.2. The fraction of sp³-hybridized carbons (Fsp3) is 0.250. The van der Waals surface area contributed by atoms with Crippen molar-refractivity contribution in [1.29, 1.82) is 0 Å². The number of ether oxygens (including phenoxy) is 5. The molecule has 6 aromatic carbocycles. The molecule has 1 fully saturated rings. The molecule has 0 aromatic heterocycles. The molecule has 4 aliphatic heterocycles. The van der Waals surface area contributed by atoms with Gasteiger partial charge in [0.05, 0.1) is 12.0 Å². The van der Waals surface area contributed by atoms with Gasteiger partial charge < -0.3 is 34.1 Å². The highest BCUT2D eigenvalue weighted by molar-refractivity contribution is 8.00. The molecule has 0 bridgehead atoms. The largest absolute Gasteiger partial charge is 0.489 e. The second kappa shape index (κ2) is 19.6. The van der Waals surface area contributed by atoms with E-state index in [1.54, 1.807) is 18.2 Å². The zero-order valence-corrected chi connectivity index (χ0v) is 38.8. The van der Waals surface area contributed by atoms with Gasteiger partial charge in [-0.2, -0.15) is 0 Å². The van der Waals surface area contributed by atoms with Gasteiger partial charge in [-0.3, -0.25) is 14.5 Å². The average molecular weight is 943 g/mol. The van der Waals surface area contributed by atoms with Crippen LogP contribution in [0.4, 0.5) is 0 Å². The first kappa shape index (κ1) is 45.3. The first-order chi connectivity index (χ1) is 33.7. The van der Waals surface area contributed by atoms with E-state index in [1.165, 1.54) is 16.7 Å². The molecule has 10 rings (SSSR count). The van der Waals surface area contributed by atoms with Crippen LogP contribution in [0.5, 0.6) is 28.7 Å². The number of nitrogens with zero attached hydrogens (tertiary/aromatic N) is 1. The Labute approximate surface area is 404 Å². The number of rotatable bonds is 18. The Kier molecular flexibility index (Phi) is 12.9. The quantitative estimate of drug-likeness (QED) is 0.0482. The van der Waals surface area contributed by atoms with Gasteiger partial charge in [0.2, 0.25) is 5.91 Å². The molecule has 3 atom stereocenters. The molecule has 350 valence electrons. The van der Waals surface area contributed by atoms with E-state index < -0.39 is 34.9 Å². The predicted octanol–water partition coefficient (Wildman–Crippen LogP) is 9.90. The summed E-state index contributed by atoms with van der Waals surface area (Å²) in [6.45, 7) is 2.75. The molecule has 4 heterocycles. The van der Waals surface area contributed by atoms with Gasteiger partial charge in [0, 0.05) is 40.1 Å². The van der Waals surface area contributed by atoms with Gasteiger partial charge >= 0.3 is 11.9 Å². The Bertz CT molecular complexity index is 2960. The highest BCUT2D eigenvalue weighted by atomic mass is 32.2. The second-order valence-corrected chi connectivity index (χ2v) is 18.6. The number of carbonyl (C=O) groups excluding carboxylic acids is 3. The van der Waals surface area contributed by atoms with Crippen LogP contribution in [0, 0.1) is 0 Å². The zero-order valence-electron chi connectivity index (χ0n) is 38.0. The van der Waals surface area contributed by atoms with E-state index in [9.17, 15) is 24.3 Å². The van der Waals surface area contributed by atoms with Crippen LogP contribution >= 0.6 is 11.8 Å². The number of fused-ring (bicyclic) bond motifs is 7. The van der Waals surface area contributed by atoms with Crippen molar-refractivity contribution >= 4 is 35.5 Å². The van der Waals surface area contributed by atoms with Crippen molar-refractivity contribution in [1.82, 2.24) is 10.2 Å². The van der Waals surface area contributed by atoms with E-state index in [0.29, 0.717) is 57.8 Å². The Hall–Kier alpha value is -7.51. The van der Waals surface area contributed by atoms with E-state index in [4.69, 9.17) is 23.7 Å². The van der Waals surface area contributed by atoms with E-state index >= 15 is 0 Å². The average Bonchev–Trinajstić information content (AvgIpc) is 3.67. The summed E-state index contributed by atoms with van der Waals surface area (Å²) in [5.41, 5.74) is 5.47. The topological polar surface area (TPSA) is 150 Å². The van der Waals surface area contributed by atoms with Gasteiger partial charge in [-0.25, -0.2) is 9.59 Å². The molecular formula is C56H50N2O10S. The summed E-state index contributed by atoms with van der Waals surface area (Å²) in [5, 5.41) is 12.5. The molecule has 2 N–H and O–H groups in total. The van der Waals surface area contributed by atoms with Crippen molar-refractivity contribution in [2.75, 3.05) is 12.4 Å². The number of β-lactam (4-membered cyclic amide) rings is 1. The van der Waals surface area contributed by atoms with Crippen LogP contribution in [0.1, 0.15) is 81.9 Å². The van der Waals surface area contributed by atoms with Crippen molar-refractivity contribution in [3.05, 3.63) is 195 Å². The minimum Gasteiger partial charge on any atom is -0.489 e. The van der Waals surface area contributed by atoms with E-state index in [-0.39, 0.29) is 31.2 Å². The Morgan fingerprint density at radius 3 is 2.17 bits per heavy atom. The van der Waals surface area contributed by atoms with Crippen LogP contribution < -0.4 is 24.3 Å². The normalized spacial score (nSPS) is 18.5.